The van der Waals surface area contributed by atoms with Gasteiger partial charge in [-0.1, -0.05) is 24.5 Å². The van der Waals surface area contributed by atoms with Gasteiger partial charge < -0.3 is 9.88 Å². The molecule has 1 aliphatic rings. The van der Waals surface area contributed by atoms with E-state index in [-0.39, 0.29) is 0 Å². The zero-order valence-electron chi connectivity index (χ0n) is 12.7. The third-order valence-electron chi connectivity index (χ3n) is 4.14. The predicted molar refractivity (Wildman–Crippen MR) is 82.2 cm³/mol. The fourth-order valence-electron chi connectivity index (χ4n) is 3.08. The lowest BCUT2D eigenvalue weighted by Gasteiger charge is -2.24. The minimum atomic E-state index is 0.623. The van der Waals surface area contributed by atoms with E-state index in [0.29, 0.717) is 6.04 Å². The van der Waals surface area contributed by atoms with Crippen LogP contribution in [0.3, 0.4) is 0 Å². The van der Waals surface area contributed by atoms with Crippen LogP contribution in [0.15, 0.2) is 18.6 Å². The van der Waals surface area contributed by atoms with E-state index in [9.17, 15) is 0 Å². The van der Waals surface area contributed by atoms with E-state index < -0.39 is 0 Å². The molecule has 0 atom stereocenters. The van der Waals surface area contributed by atoms with Crippen LogP contribution in [0.25, 0.3) is 0 Å². The summed E-state index contributed by atoms with van der Waals surface area (Å²) < 4.78 is 4.21. The summed E-state index contributed by atoms with van der Waals surface area (Å²) >= 11 is 0. The maximum Gasteiger partial charge on any atom is 0.203 e. The van der Waals surface area contributed by atoms with Crippen molar-refractivity contribution in [2.75, 3.05) is 11.9 Å². The second-order valence-corrected chi connectivity index (χ2v) is 5.85. The number of nitrogens with zero attached hydrogens (tertiary/aromatic N) is 5. The number of nitrogens with one attached hydrogen (secondary N) is 1. The Morgan fingerprint density at radius 2 is 2.14 bits per heavy atom. The normalized spacial score (nSPS) is 16.2. The van der Waals surface area contributed by atoms with Crippen molar-refractivity contribution in [3.63, 3.8) is 0 Å². The van der Waals surface area contributed by atoms with Gasteiger partial charge in [0.2, 0.25) is 5.95 Å². The first-order valence-electron chi connectivity index (χ1n) is 7.96. The largest absolute Gasteiger partial charge is 0.356 e. The molecule has 0 aromatic carbocycles. The molecule has 1 aliphatic carbocycles. The lowest BCUT2D eigenvalue weighted by atomic mass is 9.95. The summed E-state index contributed by atoms with van der Waals surface area (Å²) in [7, 11) is 0. The van der Waals surface area contributed by atoms with Crippen molar-refractivity contribution >= 4 is 5.95 Å². The molecule has 0 amide bonds. The average Bonchev–Trinajstić information content (AvgIpc) is 3.14. The van der Waals surface area contributed by atoms with Gasteiger partial charge in [0, 0.05) is 31.5 Å². The Balaban J connectivity index is 1.54. The molecule has 1 fully saturated rings. The number of hydrogen-bond acceptors (Lipinski definition) is 4. The van der Waals surface area contributed by atoms with Gasteiger partial charge in [-0.15, -0.1) is 5.10 Å². The Bertz CT molecular complexity index is 539. The third kappa shape index (κ3) is 3.62. The number of aromatic nitrogens is 5. The van der Waals surface area contributed by atoms with Crippen LogP contribution in [-0.2, 0) is 6.54 Å². The maximum atomic E-state index is 4.64. The molecule has 6 nitrogen and oxygen atoms in total. The van der Waals surface area contributed by atoms with Gasteiger partial charge in [0.1, 0.15) is 0 Å². The Morgan fingerprint density at radius 3 is 2.90 bits per heavy atom. The van der Waals surface area contributed by atoms with Gasteiger partial charge >= 0.3 is 0 Å². The average molecular weight is 288 g/mol. The van der Waals surface area contributed by atoms with Crippen LogP contribution >= 0.6 is 0 Å². The monoisotopic (exact) mass is 288 g/mol. The molecule has 0 bridgehead atoms. The molecule has 2 aromatic heterocycles. The van der Waals surface area contributed by atoms with Crippen LogP contribution < -0.4 is 5.32 Å². The van der Waals surface area contributed by atoms with Crippen molar-refractivity contribution in [1.82, 2.24) is 24.5 Å². The molecule has 3 rings (SSSR count). The van der Waals surface area contributed by atoms with Gasteiger partial charge in [-0.05, 0) is 26.2 Å². The number of hydrogen-bond donors (Lipinski definition) is 1. The van der Waals surface area contributed by atoms with E-state index in [1.807, 2.05) is 10.9 Å². The van der Waals surface area contributed by atoms with E-state index in [2.05, 4.69) is 38.3 Å². The van der Waals surface area contributed by atoms with E-state index in [0.717, 1.165) is 31.2 Å². The summed E-state index contributed by atoms with van der Waals surface area (Å²) in [4.78, 5) is 4.64. The summed E-state index contributed by atoms with van der Waals surface area (Å²) in [6, 6.07) is 0.623. The second-order valence-electron chi connectivity index (χ2n) is 5.85. The lowest BCUT2D eigenvalue weighted by Crippen LogP contribution is -2.16. The summed E-state index contributed by atoms with van der Waals surface area (Å²) in [5, 5.41) is 11.3. The van der Waals surface area contributed by atoms with E-state index in [1.165, 1.54) is 32.1 Å². The number of imidazole rings is 1. The summed E-state index contributed by atoms with van der Waals surface area (Å²) in [6.07, 6.45) is 13.4. The van der Waals surface area contributed by atoms with E-state index in [1.54, 1.807) is 6.20 Å². The number of anilines is 1. The quantitative estimate of drug-likeness (QED) is 0.830. The van der Waals surface area contributed by atoms with Crippen molar-refractivity contribution in [1.29, 1.82) is 0 Å². The molecule has 0 radical (unpaired) electrons. The molecule has 2 heterocycles. The van der Waals surface area contributed by atoms with Crippen molar-refractivity contribution in [2.45, 2.75) is 58.0 Å². The van der Waals surface area contributed by atoms with Crippen LogP contribution in [0, 0.1) is 6.92 Å². The molecule has 2 aromatic rings. The molecular weight excluding hydrogens is 264 g/mol. The van der Waals surface area contributed by atoms with E-state index >= 15 is 0 Å². The Labute approximate surface area is 125 Å². The minimum absolute atomic E-state index is 0.623. The Hall–Kier alpha value is -1.85. The van der Waals surface area contributed by atoms with Crippen molar-refractivity contribution in [3.05, 3.63) is 24.3 Å². The first-order valence-corrected chi connectivity index (χ1v) is 7.96. The molecule has 0 unspecified atom stereocenters. The van der Waals surface area contributed by atoms with Gasteiger partial charge in [0.25, 0.3) is 0 Å². The smallest absolute Gasteiger partial charge is 0.203 e. The highest BCUT2D eigenvalue weighted by Crippen LogP contribution is 2.30. The lowest BCUT2D eigenvalue weighted by molar-refractivity contribution is 0.355. The SMILES string of the molecule is Cc1cn(C2CCCCC2)c(NCCCn2ccnn2)n1. The molecule has 0 aliphatic heterocycles. The summed E-state index contributed by atoms with van der Waals surface area (Å²) in [6.45, 7) is 3.86. The topological polar surface area (TPSA) is 60.6 Å². The Kier molecular flexibility index (Phi) is 4.52. The van der Waals surface area contributed by atoms with Gasteiger partial charge in [0.15, 0.2) is 0 Å². The first-order chi connectivity index (χ1) is 10.3. The van der Waals surface area contributed by atoms with Crippen molar-refractivity contribution in [2.24, 2.45) is 0 Å². The fraction of sp³-hybridized carbons (Fsp3) is 0.667. The standard InChI is InChI=1S/C15H24N6/c1-13-12-21(14-6-3-2-4-7-14)15(18-13)16-8-5-10-20-11-9-17-19-20/h9,11-12,14H,2-8,10H2,1H3,(H,16,18). The van der Waals surface area contributed by atoms with E-state index in [4.69, 9.17) is 0 Å². The molecule has 1 saturated carbocycles. The highest BCUT2D eigenvalue weighted by atomic mass is 15.4. The van der Waals surface area contributed by atoms with Crippen LogP contribution in [0.4, 0.5) is 5.95 Å². The van der Waals surface area contributed by atoms with Gasteiger partial charge in [-0.3, -0.25) is 4.68 Å². The predicted octanol–water partition coefficient (Wildman–Crippen LogP) is 2.79. The van der Waals surface area contributed by atoms with Gasteiger partial charge in [-0.2, -0.15) is 0 Å². The molecule has 1 N–H and O–H groups in total. The zero-order chi connectivity index (χ0) is 14.5. The third-order valence-corrected chi connectivity index (χ3v) is 4.14. The zero-order valence-corrected chi connectivity index (χ0v) is 12.7. The number of aryl methyl sites for hydroxylation is 2. The Morgan fingerprint density at radius 1 is 1.29 bits per heavy atom. The highest BCUT2D eigenvalue weighted by molar-refractivity contribution is 5.29. The van der Waals surface area contributed by atoms with Crippen LogP contribution in [0.1, 0.15) is 50.3 Å². The fourth-order valence-corrected chi connectivity index (χ4v) is 3.08. The molecule has 114 valence electrons. The van der Waals surface area contributed by atoms with Crippen LogP contribution in [0.2, 0.25) is 0 Å². The van der Waals surface area contributed by atoms with Crippen molar-refractivity contribution < 1.29 is 0 Å². The molecule has 0 saturated heterocycles. The molecular formula is C15H24N6. The number of rotatable bonds is 6. The van der Waals surface area contributed by atoms with Gasteiger partial charge in [0.05, 0.1) is 11.9 Å². The summed E-state index contributed by atoms with van der Waals surface area (Å²) in [5.74, 6) is 1.03. The van der Waals surface area contributed by atoms with Crippen LogP contribution in [0.5, 0.6) is 0 Å². The summed E-state index contributed by atoms with van der Waals surface area (Å²) in [5.41, 5.74) is 1.10. The van der Waals surface area contributed by atoms with Crippen molar-refractivity contribution in [3.8, 4) is 0 Å². The maximum absolute atomic E-state index is 4.64. The molecule has 21 heavy (non-hydrogen) atoms. The minimum Gasteiger partial charge on any atom is -0.356 e. The second kappa shape index (κ2) is 6.74. The van der Waals surface area contributed by atoms with Gasteiger partial charge in [-0.25, -0.2) is 4.98 Å². The first kappa shape index (κ1) is 14.1. The molecule has 6 heteroatoms. The van der Waals surface area contributed by atoms with Crippen LogP contribution in [-0.4, -0.2) is 31.1 Å². The molecule has 0 spiro atoms. The highest BCUT2D eigenvalue weighted by Gasteiger charge is 2.18.